The van der Waals surface area contributed by atoms with E-state index in [-0.39, 0.29) is 24.1 Å². The second-order valence-corrected chi connectivity index (χ2v) is 10.4. The highest BCUT2D eigenvalue weighted by atomic mass is 16.2. The lowest BCUT2D eigenvalue weighted by Crippen LogP contribution is -2.34. The van der Waals surface area contributed by atoms with Gasteiger partial charge in [-0.2, -0.15) is 0 Å². The molecule has 0 radical (unpaired) electrons. The molecule has 0 bridgehead atoms. The van der Waals surface area contributed by atoms with E-state index < -0.39 is 5.41 Å². The second kappa shape index (κ2) is 9.17. The first-order valence-corrected chi connectivity index (χ1v) is 13.0. The maximum absolute atomic E-state index is 13.1. The zero-order valence-corrected chi connectivity index (χ0v) is 21.4. The summed E-state index contributed by atoms with van der Waals surface area (Å²) in [7, 11) is 0. The lowest BCUT2D eigenvalue weighted by molar-refractivity contribution is -0.126. The van der Waals surface area contributed by atoms with E-state index >= 15 is 0 Å². The van der Waals surface area contributed by atoms with Crippen molar-refractivity contribution in [3.63, 3.8) is 0 Å². The highest BCUT2D eigenvalue weighted by molar-refractivity contribution is 6.04. The Bertz CT molecular complexity index is 1590. The predicted molar refractivity (Wildman–Crippen MR) is 149 cm³/mol. The molecule has 0 saturated heterocycles. The van der Waals surface area contributed by atoms with Gasteiger partial charge in [-0.15, -0.1) is 0 Å². The lowest BCUT2D eigenvalue weighted by atomic mass is 9.78. The van der Waals surface area contributed by atoms with E-state index in [1.165, 1.54) is 0 Å². The lowest BCUT2D eigenvalue weighted by Gasteiger charge is -2.22. The van der Waals surface area contributed by atoms with Crippen molar-refractivity contribution >= 4 is 40.0 Å². The van der Waals surface area contributed by atoms with E-state index in [2.05, 4.69) is 27.1 Å². The van der Waals surface area contributed by atoms with Gasteiger partial charge >= 0.3 is 0 Å². The predicted octanol–water partition coefficient (Wildman–Crippen LogP) is 4.79. The molecule has 1 unspecified atom stereocenters. The molecule has 2 aromatic carbocycles. The molecule has 2 aliphatic heterocycles. The average Bonchev–Trinajstić information content (AvgIpc) is 3.49. The molecule has 0 saturated carbocycles. The number of aryl methyl sites for hydroxylation is 1. The van der Waals surface area contributed by atoms with Crippen LogP contribution in [0.4, 0.5) is 11.4 Å². The number of carbonyl (C=O) groups excluding carboxylic acids is 3. The molecule has 1 spiro atoms. The number of nitrogens with one attached hydrogen (secondary N) is 3. The number of rotatable bonds is 5. The summed E-state index contributed by atoms with van der Waals surface area (Å²) >= 11 is 0. The largest absolute Gasteiger partial charge is 0.345 e. The van der Waals surface area contributed by atoms with Gasteiger partial charge in [0.25, 0.3) is 0 Å². The Morgan fingerprint density at radius 2 is 2.00 bits per heavy atom. The Balaban J connectivity index is 1.22. The Labute approximate surface area is 221 Å². The molecular weight excluding hydrogens is 476 g/mol. The van der Waals surface area contributed by atoms with Crippen LogP contribution in [0.15, 0.2) is 78.7 Å². The number of amides is 3. The number of para-hydroxylation sites is 1. The Hall–Kier alpha value is -4.39. The maximum Gasteiger partial charge on any atom is 0.235 e. The summed E-state index contributed by atoms with van der Waals surface area (Å²) in [6.45, 7) is 6.43. The zero-order chi connectivity index (χ0) is 26.4. The minimum absolute atomic E-state index is 0.0206. The third-order valence-electron chi connectivity index (χ3n) is 7.94. The molecule has 6 rings (SSSR count). The van der Waals surface area contributed by atoms with E-state index in [1.807, 2.05) is 61.7 Å². The van der Waals surface area contributed by atoms with Crippen molar-refractivity contribution in [2.45, 2.75) is 45.6 Å². The van der Waals surface area contributed by atoms with Gasteiger partial charge in [0.1, 0.15) is 0 Å². The number of carbonyl (C=O) groups is 3. The fraction of sp³-hybridized carbons (Fsp3) is 0.258. The van der Waals surface area contributed by atoms with Gasteiger partial charge in [0.2, 0.25) is 17.7 Å². The fourth-order valence-corrected chi connectivity index (χ4v) is 6.24. The monoisotopic (exact) mass is 506 g/mol. The van der Waals surface area contributed by atoms with Crippen molar-refractivity contribution < 1.29 is 14.4 Å². The van der Waals surface area contributed by atoms with Crippen molar-refractivity contribution in [2.75, 3.05) is 10.6 Å². The normalized spacial score (nSPS) is 20.4. The topological polar surface area (TPSA) is 92.2 Å². The second-order valence-electron chi connectivity index (χ2n) is 10.4. The molecule has 192 valence electrons. The number of fused-ring (bicyclic) bond motifs is 1. The summed E-state index contributed by atoms with van der Waals surface area (Å²) in [5, 5.41) is 10.1. The van der Waals surface area contributed by atoms with Gasteiger partial charge in [-0.05, 0) is 66.6 Å². The zero-order valence-electron chi connectivity index (χ0n) is 21.4. The van der Waals surface area contributed by atoms with Crippen LogP contribution in [0.25, 0.3) is 10.9 Å². The van der Waals surface area contributed by atoms with Crippen LogP contribution in [0.2, 0.25) is 0 Å². The van der Waals surface area contributed by atoms with Crippen LogP contribution in [0.3, 0.4) is 0 Å². The molecule has 7 nitrogen and oxygen atoms in total. The van der Waals surface area contributed by atoms with Crippen molar-refractivity contribution in [1.82, 2.24) is 9.88 Å². The van der Waals surface area contributed by atoms with Gasteiger partial charge in [-0.3, -0.25) is 14.4 Å². The van der Waals surface area contributed by atoms with E-state index in [9.17, 15) is 14.4 Å². The van der Waals surface area contributed by atoms with Crippen molar-refractivity contribution in [2.24, 2.45) is 5.41 Å². The van der Waals surface area contributed by atoms with Crippen LogP contribution in [-0.4, -0.2) is 22.3 Å². The van der Waals surface area contributed by atoms with E-state index in [1.54, 1.807) is 6.08 Å². The van der Waals surface area contributed by atoms with Gasteiger partial charge in [0, 0.05) is 35.9 Å². The third kappa shape index (κ3) is 3.95. The molecular formula is C31H30N4O3. The van der Waals surface area contributed by atoms with Gasteiger partial charge in [-0.1, -0.05) is 43.0 Å². The minimum Gasteiger partial charge on any atom is -0.345 e. The Kier molecular flexibility index (Phi) is 5.79. The Morgan fingerprint density at radius 1 is 1.16 bits per heavy atom. The standard InChI is InChI=1S/C31H30N4O3/c1-3-4-8-25-19(2)32-30(38)31(25)16-20-11-12-23(14-21(20)17-31)33-28(37)15-22-18-35-13-6-10-27(36)34-26-9-5-7-24(22)29(26)35/h3-5,7-9,11-12,14,18H,1,6,10,13,15-17H2,2H3,(H,32,38)(H,33,37)(H,34,36)/b8-4-. The molecule has 3 N–H and O–H groups in total. The summed E-state index contributed by atoms with van der Waals surface area (Å²) in [6, 6.07) is 11.8. The summed E-state index contributed by atoms with van der Waals surface area (Å²) in [5.74, 6) is -0.0615. The van der Waals surface area contributed by atoms with Crippen molar-refractivity contribution in [3.8, 4) is 0 Å². The van der Waals surface area contributed by atoms with E-state index in [4.69, 9.17) is 0 Å². The first-order valence-electron chi connectivity index (χ1n) is 13.0. The molecule has 3 heterocycles. The summed E-state index contributed by atoms with van der Waals surface area (Å²) in [4.78, 5) is 38.3. The Morgan fingerprint density at radius 3 is 2.84 bits per heavy atom. The first kappa shape index (κ1) is 24.0. The molecule has 3 amide bonds. The third-order valence-corrected chi connectivity index (χ3v) is 7.94. The van der Waals surface area contributed by atoms with Gasteiger partial charge in [-0.25, -0.2) is 0 Å². The van der Waals surface area contributed by atoms with E-state index in [0.29, 0.717) is 19.3 Å². The molecule has 1 aromatic heterocycles. The number of hydrogen-bond acceptors (Lipinski definition) is 3. The molecule has 3 aromatic rings. The first-order chi connectivity index (χ1) is 18.4. The smallest absolute Gasteiger partial charge is 0.235 e. The number of benzene rings is 2. The van der Waals surface area contributed by atoms with Crippen LogP contribution < -0.4 is 16.0 Å². The number of aromatic nitrogens is 1. The van der Waals surface area contributed by atoms with Crippen molar-refractivity contribution in [3.05, 3.63) is 95.4 Å². The number of hydrogen-bond donors (Lipinski definition) is 3. The van der Waals surface area contributed by atoms with E-state index in [0.717, 1.165) is 63.2 Å². The number of anilines is 2. The summed E-state index contributed by atoms with van der Waals surface area (Å²) in [5.41, 5.74) is 6.87. The van der Waals surface area contributed by atoms with Crippen LogP contribution in [0, 0.1) is 5.41 Å². The van der Waals surface area contributed by atoms with Crippen LogP contribution in [-0.2, 0) is 40.2 Å². The molecule has 1 atom stereocenters. The number of allylic oxidation sites excluding steroid dienone is 4. The quantitative estimate of drug-likeness (QED) is 0.435. The van der Waals surface area contributed by atoms with Crippen LogP contribution in [0.1, 0.15) is 36.5 Å². The molecule has 0 fully saturated rings. The molecule has 7 heteroatoms. The SMILES string of the molecule is C=C/C=C\C1=C(C)NC(=O)C12Cc1ccc(NC(=O)Cc3cn4c5c(cccc35)NC(=O)CCC4)cc1C2. The minimum atomic E-state index is -0.618. The van der Waals surface area contributed by atoms with Gasteiger partial charge in [0.05, 0.1) is 23.0 Å². The van der Waals surface area contributed by atoms with Crippen molar-refractivity contribution in [1.29, 1.82) is 0 Å². The van der Waals surface area contributed by atoms with Crippen LogP contribution >= 0.6 is 0 Å². The molecule has 38 heavy (non-hydrogen) atoms. The molecule has 1 aliphatic carbocycles. The number of nitrogens with zero attached hydrogens (tertiary/aromatic N) is 1. The average molecular weight is 507 g/mol. The fourth-order valence-electron chi connectivity index (χ4n) is 6.24. The van der Waals surface area contributed by atoms with Crippen LogP contribution in [0.5, 0.6) is 0 Å². The highest BCUT2D eigenvalue weighted by Crippen LogP contribution is 2.47. The highest BCUT2D eigenvalue weighted by Gasteiger charge is 2.50. The maximum atomic E-state index is 13.1. The summed E-state index contributed by atoms with van der Waals surface area (Å²) in [6.07, 6.45) is 10.3. The summed E-state index contributed by atoms with van der Waals surface area (Å²) < 4.78 is 2.14. The van der Waals surface area contributed by atoms with Gasteiger partial charge < -0.3 is 20.5 Å². The molecule has 3 aliphatic rings. The van der Waals surface area contributed by atoms with Gasteiger partial charge in [0.15, 0.2) is 0 Å².